The number of benzene rings is 1. The second-order valence-corrected chi connectivity index (χ2v) is 6.07. The number of nitrogens with two attached hydrogens (primary N) is 1. The molecule has 0 atom stereocenters. The Bertz CT molecular complexity index is 685. The van der Waals surface area contributed by atoms with Gasteiger partial charge in [0.05, 0.1) is 10.0 Å². The number of carbonyl (C=O) groups is 2. The minimum absolute atomic E-state index is 0.155. The standard InChI is InChI=1S/C14H13BrN2O3S/c1-8-2-3-11(10(15)6-8)20-7-12(18)17-14-9(13(16)19)4-5-21-14/h2-6H,7H2,1H3,(H2,16,19)(H,17,18). The Morgan fingerprint density at radius 2 is 2.14 bits per heavy atom. The van der Waals surface area contributed by atoms with Crippen LogP contribution in [-0.4, -0.2) is 18.4 Å². The molecule has 1 aromatic carbocycles. The highest BCUT2D eigenvalue weighted by atomic mass is 79.9. The predicted molar refractivity (Wildman–Crippen MR) is 85.8 cm³/mol. The SMILES string of the molecule is Cc1ccc(OCC(=O)Nc2sccc2C(N)=O)c(Br)c1. The molecule has 0 saturated heterocycles. The van der Waals surface area contributed by atoms with E-state index >= 15 is 0 Å². The van der Waals surface area contributed by atoms with E-state index in [0.29, 0.717) is 16.3 Å². The topological polar surface area (TPSA) is 81.4 Å². The number of halogens is 1. The minimum Gasteiger partial charge on any atom is -0.483 e. The van der Waals surface area contributed by atoms with Crippen molar-refractivity contribution in [3.8, 4) is 5.75 Å². The Morgan fingerprint density at radius 1 is 1.38 bits per heavy atom. The number of ether oxygens (including phenoxy) is 1. The van der Waals surface area contributed by atoms with E-state index in [1.54, 1.807) is 17.5 Å². The fourth-order valence-electron chi connectivity index (χ4n) is 1.63. The van der Waals surface area contributed by atoms with Crippen LogP contribution in [0.5, 0.6) is 5.75 Å². The van der Waals surface area contributed by atoms with Gasteiger partial charge in [0.25, 0.3) is 11.8 Å². The summed E-state index contributed by atoms with van der Waals surface area (Å²) in [6.45, 7) is 1.81. The lowest BCUT2D eigenvalue weighted by Crippen LogP contribution is -2.21. The van der Waals surface area contributed by atoms with E-state index in [0.717, 1.165) is 10.0 Å². The molecular weight excluding hydrogens is 356 g/mol. The van der Waals surface area contributed by atoms with Crippen molar-refractivity contribution < 1.29 is 14.3 Å². The highest BCUT2D eigenvalue weighted by Gasteiger charge is 2.13. The van der Waals surface area contributed by atoms with E-state index < -0.39 is 5.91 Å². The van der Waals surface area contributed by atoms with Gasteiger partial charge in [-0.2, -0.15) is 0 Å². The van der Waals surface area contributed by atoms with Gasteiger partial charge in [-0.15, -0.1) is 11.3 Å². The van der Waals surface area contributed by atoms with E-state index in [-0.39, 0.29) is 12.5 Å². The third-order valence-electron chi connectivity index (χ3n) is 2.63. The Labute approximate surface area is 134 Å². The quantitative estimate of drug-likeness (QED) is 0.850. The van der Waals surface area contributed by atoms with Crippen LogP contribution in [0.4, 0.5) is 5.00 Å². The van der Waals surface area contributed by atoms with Crippen LogP contribution >= 0.6 is 27.3 Å². The lowest BCUT2D eigenvalue weighted by Gasteiger charge is -2.09. The Morgan fingerprint density at radius 3 is 2.81 bits per heavy atom. The van der Waals surface area contributed by atoms with Crippen LogP contribution in [0.3, 0.4) is 0 Å². The highest BCUT2D eigenvalue weighted by molar-refractivity contribution is 9.10. The first-order valence-corrected chi connectivity index (χ1v) is 7.70. The number of nitrogens with one attached hydrogen (secondary N) is 1. The van der Waals surface area contributed by atoms with Gasteiger partial charge in [0.15, 0.2) is 6.61 Å². The van der Waals surface area contributed by atoms with E-state index in [2.05, 4.69) is 21.2 Å². The number of anilines is 1. The fourth-order valence-corrected chi connectivity index (χ4v) is 3.05. The van der Waals surface area contributed by atoms with Gasteiger partial charge in [-0.3, -0.25) is 9.59 Å². The smallest absolute Gasteiger partial charge is 0.262 e. The number of carbonyl (C=O) groups excluding carboxylic acids is 2. The summed E-state index contributed by atoms with van der Waals surface area (Å²) in [6, 6.07) is 7.15. The number of aryl methyl sites for hydroxylation is 1. The number of primary amides is 1. The predicted octanol–water partition coefficient (Wildman–Crippen LogP) is 2.94. The number of hydrogen-bond donors (Lipinski definition) is 2. The van der Waals surface area contributed by atoms with Crippen LogP contribution in [0.25, 0.3) is 0 Å². The number of hydrogen-bond acceptors (Lipinski definition) is 4. The van der Waals surface area contributed by atoms with Crippen molar-refractivity contribution in [1.82, 2.24) is 0 Å². The summed E-state index contributed by atoms with van der Waals surface area (Å²) in [7, 11) is 0. The first-order valence-electron chi connectivity index (χ1n) is 6.03. The average Bonchev–Trinajstić information content (AvgIpc) is 2.86. The molecule has 1 aromatic heterocycles. The summed E-state index contributed by atoms with van der Waals surface area (Å²) >= 11 is 4.61. The molecular formula is C14H13BrN2O3S. The van der Waals surface area contributed by atoms with Gasteiger partial charge in [0.2, 0.25) is 0 Å². The monoisotopic (exact) mass is 368 g/mol. The second-order valence-electron chi connectivity index (χ2n) is 4.30. The Balaban J connectivity index is 1.96. The molecule has 110 valence electrons. The zero-order valence-corrected chi connectivity index (χ0v) is 13.6. The van der Waals surface area contributed by atoms with Crippen molar-refractivity contribution in [1.29, 1.82) is 0 Å². The average molecular weight is 369 g/mol. The molecule has 21 heavy (non-hydrogen) atoms. The molecule has 0 aliphatic carbocycles. The highest BCUT2D eigenvalue weighted by Crippen LogP contribution is 2.26. The molecule has 5 nitrogen and oxygen atoms in total. The van der Waals surface area contributed by atoms with Crippen LogP contribution in [0.2, 0.25) is 0 Å². The molecule has 2 rings (SSSR count). The molecule has 2 aromatic rings. The van der Waals surface area contributed by atoms with Crippen molar-refractivity contribution in [3.05, 3.63) is 45.2 Å². The summed E-state index contributed by atoms with van der Waals surface area (Å²) in [6.07, 6.45) is 0. The summed E-state index contributed by atoms with van der Waals surface area (Å²) < 4.78 is 6.21. The Hall–Kier alpha value is -1.86. The van der Waals surface area contributed by atoms with Gasteiger partial charge in [0, 0.05) is 0 Å². The lowest BCUT2D eigenvalue weighted by molar-refractivity contribution is -0.118. The lowest BCUT2D eigenvalue weighted by atomic mass is 10.2. The molecule has 0 unspecified atom stereocenters. The van der Waals surface area contributed by atoms with Crippen molar-refractivity contribution >= 4 is 44.1 Å². The van der Waals surface area contributed by atoms with Crippen LogP contribution in [0.15, 0.2) is 34.1 Å². The number of thiophene rings is 1. The molecule has 0 radical (unpaired) electrons. The van der Waals surface area contributed by atoms with Crippen LogP contribution in [0.1, 0.15) is 15.9 Å². The molecule has 1 heterocycles. The van der Waals surface area contributed by atoms with Gasteiger partial charge in [-0.25, -0.2) is 0 Å². The summed E-state index contributed by atoms with van der Waals surface area (Å²) in [4.78, 5) is 23.0. The molecule has 0 fully saturated rings. The van der Waals surface area contributed by atoms with E-state index in [9.17, 15) is 9.59 Å². The number of amides is 2. The normalized spacial score (nSPS) is 10.2. The van der Waals surface area contributed by atoms with Crippen LogP contribution in [0, 0.1) is 6.92 Å². The third kappa shape index (κ3) is 4.05. The first-order chi connectivity index (χ1) is 9.97. The maximum atomic E-state index is 11.8. The maximum absolute atomic E-state index is 11.8. The van der Waals surface area contributed by atoms with Gasteiger partial charge < -0.3 is 15.8 Å². The number of rotatable bonds is 5. The molecule has 7 heteroatoms. The largest absolute Gasteiger partial charge is 0.483 e. The minimum atomic E-state index is -0.575. The molecule has 0 aliphatic rings. The van der Waals surface area contributed by atoms with Gasteiger partial charge >= 0.3 is 0 Å². The van der Waals surface area contributed by atoms with Gasteiger partial charge in [-0.05, 0) is 52.0 Å². The van der Waals surface area contributed by atoms with Crippen molar-refractivity contribution in [3.63, 3.8) is 0 Å². The summed E-state index contributed by atoms with van der Waals surface area (Å²) in [5.74, 6) is -0.349. The molecule has 3 N–H and O–H groups in total. The molecule has 0 bridgehead atoms. The third-order valence-corrected chi connectivity index (χ3v) is 4.08. The second kappa shape index (κ2) is 6.73. The molecule has 2 amide bonds. The summed E-state index contributed by atoms with van der Waals surface area (Å²) in [5, 5.41) is 4.73. The van der Waals surface area contributed by atoms with Crippen LogP contribution < -0.4 is 15.8 Å². The maximum Gasteiger partial charge on any atom is 0.262 e. The zero-order valence-electron chi connectivity index (χ0n) is 11.2. The molecule has 0 spiro atoms. The zero-order chi connectivity index (χ0) is 15.4. The molecule has 0 saturated carbocycles. The van der Waals surface area contributed by atoms with Crippen LogP contribution in [-0.2, 0) is 4.79 Å². The van der Waals surface area contributed by atoms with Gasteiger partial charge in [0.1, 0.15) is 10.8 Å². The summed E-state index contributed by atoms with van der Waals surface area (Å²) in [5.41, 5.74) is 6.60. The molecule has 0 aliphatic heterocycles. The first kappa shape index (κ1) is 15.5. The van der Waals surface area contributed by atoms with E-state index in [1.807, 2.05) is 19.1 Å². The fraction of sp³-hybridized carbons (Fsp3) is 0.143. The van der Waals surface area contributed by atoms with E-state index in [4.69, 9.17) is 10.5 Å². The van der Waals surface area contributed by atoms with E-state index in [1.165, 1.54) is 11.3 Å². The van der Waals surface area contributed by atoms with Crippen molar-refractivity contribution in [2.45, 2.75) is 6.92 Å². The van der Waals surface area contributed by atoms with Gasteiger partial charge in [-0.1, -0.05) is 6.07 Å². The van der Waals surface area contributed by atoms with Crippen molar-refractivity contribution in [2.24, 2.45) is 5.73 Å². The van der Waals surface area contributed by atoms with Crippen molar-refractivity contribution in [2.75, 3.05) is 11.9 Å². The Kier molecular flexibility index (Phi) is 4.98.